The molecule has 0 aliphatic heterocycles. The molecule has 0 fully saturated rings. The number of amides is 1. The fraction of sp³-hybridized carbons (Fsp3) is 0.188. The molecule has 0 radical (unpaired) electrons. The van der Waals surface area contributed by atoms with Crippen LogP contribution in [0.1, 0.15) is 40.6 Å². The van der Waals surface area contributed by atoms with Gasteiger partial charge in [-0.05, 0) is 68.7 Å². The second kappa shape index (κ2) is 11.0. The van der Waals surface area contributed by atoms with Gasteiger partial charge in [0.25, 0.3) is 5.91 Å². The van der Waals surface area contributed by atoms with Gasteiger partial charge in [0, 0.05) is 22.7 Å². The van der Waals surface area contributed by atoms with Crippen LogP contribution in [0, 0.1) is 20.8 Å². The summed E-state index contributed by atoms with van der Waals surface area (Å²) in [4.78, 5) is 13.3. The summed E-state index contributed by atoms with van der Waals surface area (Å²) in [5.41, 5.74) is 6.98. The monoisotopic (exact) mass is 563 g/mol. The average molecular weight is 564 g/mol. The van der Waals surface area contributed by atoms with Crippen LogP contribution in [0.5, 0.6) is 5.75 Å². The molecular weight excluding hydrogens is 534 g/mol. The zero-order chi connectivity index (χ0) is 28.5. The van der Waals surface area contributed by atoms with Gasteiger partial charge in [0.1, 0.15) is 17.0 Å². The Balaban J connectivity index is 1.34. The SMILES string of the molecule is CCCOc1cccc(-c2nn(-c3ccccc3)cc2-c2nnc(NC(=O)c3oc4c(C)cc(C)cc4c3C)s2)c1. The summed E-state index contributed by atoms with van der Waals surface area (Å²) in [7, 11) is 0. The molecule has 1 N–H and O–H groups in total. The van der Waals surface area contributed by atoms with E-state index in [-0.39, 0.29) is 11.7 Å². The number of benzene rings is 3. The van der Waals surface area contributed by atoms with Crippen molar-refractivity contribution in [2.75, 3.05) is 11.9 Å². The molecule has 1 amide bonds. The van der Waals surface area contributed by atoms with Crippen molar-refractivity contribution in [1.29, 1.82) is 0 Å². The number of ether oxygens (including phenoxy) is 1. The van der Waals surface area contributed by atoms with Crippen LogP contribution in [0.4, 0.5) is 5.13 Å². The molecule has 0 atom stereocenters. The van der Waals surface area contributed by atoms with Crippen molar-refractivity contribution in [3.63, 3.8) is 0 Å². The molecule has 0 unspecified atom stereocenters. The highest BCUT2D eigenvalue weighted by molar-refractivity contribution is 7.18. The highest BCUT2D eigenvalue weighted by Crippen LogP contribution is 2.37. The van der Waals surface area contributed by atoms with E-state index in [9.17, 15) is 4.79 Å². The molecule has 0 spiro atoms. The quantitative estimate of drug-likeness (QED) is 0.203. The van der Waals surface area contributed by atoms with Crippen LogP contribution in [-0.2, 0) is 0 Å². The minimum absolute atomic E-state index is 0.270. The third-order valence-electron chi connectivity index (χ3n) is 6.77. The van der Waals surface area contributed by atoms with Gasteiger partial charge >= 0.3 is 0 Å². The van der Waals surface area contributed by atoms with E-state index in [1.165, 1.54) is 11.3 Å². The molecule has 8 nitrogen and oxygen atoms in total. The molecule has 206 valence electrons. The van der Waals surface area contributed by atoms with Crippen molar-refractivity contribution in [2.45, 2.75) is 34.1 Å². The van der Waals surface area contributed by atoms with Crippen molar-refractivity contribution in [3.8, 4) is 33.3 Å². The van der Waals surface area contributed by atoms with Crippen LogP contribution in [0.15, 0.2) is 77.3 Å². The Hall–Kier alpha value is -4.76. The number of aryl methyl sites for hydroxylation is 3. The predicted octanol–water partition coefficient (Wildman–Crippen LogP) is 7.77. The molecule has 6 aromatic rings. The lowest BCUT2D eigenvalue weighted by molar-refractivity contribution is 0.0997. The molecule has 0 saturated carbocycles. The molecule has 0 aliphatic carbocycles. The molecule has 3 aromatic carbocycles. The summed E-state index contributed by atoms with van der Waals surface area (Å²) >= 11 is 1.28. The van der Waals surface area contributed by atoms with Gasteiger partial charge in [-0.15, -0.1) is 10.2 Å². The summed E-state index contributed by atoms with van der Waals surface area (Å²) in [6, 6.07) is 21.8. The first-order valence-corrected chi connectivity index (χ1v) is 14.3. The normalized spacial score (nSPS) is 11.2. The third-order valence-corrected chi connectivity index (χ3v) is 7.64. The Morgan fingerprint density at radius 2 is 1.85 bits per heavy atom. The van der Waals surface area contributed by atoms with E-state index in [1.54, 1.807) is 0 Å². The zero-order valence-electron chi connectivity index (χ0n) is 23.3. The number of nitrogens with zero attached hydrogens (tertiary/aromatic N) is 4. The van der Waals surface area contributed by atoms with Crippen molar-refractivity contribution in [3.05, 3.63) is 95.4 Å². The molecular formula is C32H29N5O3S. The largest absolute Gasteiger partial charge is 0.494 e. The van der Waals surface area contributed by atoms with Crippen LogP contribution in [0.25, 0.3) is 38.5 Å². The van der Waals surface area contributed by atoms with Crippen LogP contribution >= 0.6 is 11.3 Å². The van der Waals surface area contributed by atoms with E-state index in [1.807, 2.05) is 98.4 Å². The zero-order valence-corrected chi connectivity index (χ0v) is 24.1. The average Bonchev–Trinajstić information content (AvgIpc) is 3.70. The minimum atomic E-state index is -0.362. The Bertz CT molecular complexity index is 1870. The number of rotatable bonds is 8. The number of nitrogens with one attached hydrogen (secondary N) is 1. The lowest BCUT2D eigenvalue weighted by Gasteiger charge is -2.06. The maximum Gasteiger partial charge on any atom is 0.293 e. The topological polar surface area (TPSA) is 95.1 Å². The molecule has 9 heteroatoms. The Morgan fingerprint density at radius 1 is 1.02 bits per heavy atom. The van der Waals surface area contributed by atoms with Gasteiger partial charge in [-0.2, -0.15) is 5.10 Å². The lowest BCUT2D eigenvalue weighted by atomic mass is 10.1. The fourth-order valence-corrected chi connectivity index (χ4v) is 5.58. The summed E-state index contributed by atoms with van der Waals surface area (Å²) in [5, 5.41) is 18.4. The smallest absolute Gasteiger partial charge is 0.293 e. The van der Waals surface area contributed by atoms with E-state index in [0.717, 1.165) is 62.3 Å². The molecule has 3 aromatic heterocycles. The number of para-hydroxylation sites is 1. The highest BCUT2D eigenvalue weighted by atomic mass is 32.1. The van der Waals surface area contributed by atoms with Crippen molar-refractivity contribution in [2.24, 2.45) is 0 Å². The highest BCUT2D eigenvalue weighted by Gasteiger charge is 2.22. The summed E-state index contributed by atoms with van der Waals surface area (Å²) in [6.45, 7) is 8.62. The van der Waals surface area contributed by atoms with Gasteiger partial charge in [0.05, 0.1) is 17.9 Å². The standard InChI is InChI=1S/C32H29N5O3S/c1-5-14-39-24-13-9-10-22(17-24)27-26(18-37(36-27)23-11-7-6-8-12-23)31-34-35-32(41-31)33-30(38)29-21(4)25-16-19(2)15-20(3)28(25)40-29/h6-13,15-18H,5,14H2,1-4H3,(H,33,35,38). The molecule has 41 heavy (non-hydrogen) atoms. The number of furan rings is 1. The maximum atomic E-state index is 13.3. The van der Waals surface area contributed by atoms with Gasteiger partial charge in [-0.3, -0.25) is 10.1 Å². The van der Waals surface area contributed by atoms with Crippen LogP contribution in [0.2, 0.25) is 0 Å². The molecule has 0 bridgehead atoms. The summed E-state index contributed by atoms with van der Waals surface area (Å²) in [5.74, 6) is 0.688. The van der Waals surface area contributed by atoms with E-state index in [2.05, 4.69) is 22.4 Å². The summed E-state index contributed by atoms with van der Waals surface area (Å²) in [6.07, 6.45) is 2.86. The number of anilines is 1. The Kier molecular flexibility index (Phi) is 7.11. The first-order chi connectivity index (χ1) is 19.9. The van der Waals surface area contributed by atoms with Crippen LogP contribution < -0.4 is 10.1 Å². The number of fused-ring (bicyclic) bond motifs is 1. The number of carbonyl (C=O) groups excluding carboxylic acids is 1. The van der Waals surface area contributed by atoms with E-state index < -0.39 is 0 Å². The second-order valence-electron chi connectivity index (χ2n) is 9.93. The number of hydrogen-bond acceptors (Lipinski definition) is 7. The molecule has 0 aliphatic rings. The third kappa shape index (κ3) is 5.24. The Labute approximate surface area is 241 Å². The van der Waals surface area contributed by atoms with Gasteiger partial charge in [0.15, 0.2) is 10.8 Å². The van der Waals surface area contributed by atoms with E-state index in [4.69, 9.17) is 14.3 Å². The van der Waals surface area contributed by atoms with Gasteiger partial charge in [-0.1, -0.05) is 54.7 Å². The number of carbonyl (C=O) groups is 1. The fourth-order valence-electron chi connectivity index (χ4n) is 4.83. The Morgan fingerprint density at radius 3 is 2.66 bits per heavy atom. The molecule has 6 rings (SSSR count). The minimum Gasteiger partial charge on any atom is -0.494 e. The first kappa shape index (κ1) is 26.5. The van der Waals surface area contributed by atoms with Gasteiger partial charge in [-0.25, -0.2) is 4.68 Å². The van der Waals surface area contributed by atoms with Crippen LogP contribution in [-0.4, -0.2) is 32.5 Å². The lowest BCUT2D eigenvalue weighted by Crippen LogP contribution is -2.11. The molecule has 3 heterocycles. The van der Waals surface area contributed by atoms with E-state index in [0.29, 0.717) is 16.7 Å². The maximum absolute atomic E-state index is 13.3. The van der Waals surface area contributed by atoms with Crippen LogP contribution in [0.3, 0.4) is 0 Å². The number of hydrogen-bond donors (Lipinski definition) is 1. The van der Waals surface area contributed by atoms with Crippen molar-refractivity contribution in [1.82, 2.24) is 20.0 Å². The second-order valence-corrected chi connectivity index (χ2v) is 10.9. The first-order valence-electron chi connectivity index (χ1n) is 13.4. The van der Waals surface area contributed by atoms with Gasteiger partial charge < -0.3 is 9.15 Å². The number of aromatic nitrogens is 4. The molecule has 0 saturated heterocycles. The summed E-state index contributed by atoms with van der Waals surface area (Å²) < 4.78 is 13.7. The van der Waals surface area contributed by atoms with E-state index >= 15 is 0 Å². The van der Waals surface area contributed by atoms with Crippen molar-refractivity contribution < 1.29 is 13.9 Å². The predicted molar refractivity (Wildman–Crippen MR) is 162 cm³/mol. The van der Waals surface area contributed by atoms with Crippen molar-refractivity contribution >= 4 is 33.3 Å². The van der Waals surface area contributed by atoms with Gasteiger partial charge in [0.2, 0.25) is 5.13 Å².